The second kappa shape index (κ2) is 4.57. The van der Waals surface area contributed by atoms with Gasteiger partial charge < -0.3 is 5.11 Å². The maximum absolute atomic E-state index is 13.2. The Morgan fingerprint density at radius 2 is 1.72 bits per heavy atom. The lowest BCUT2D eigenvalue weighted by molar-refractivity contribution is -0.247. The molecular weight excluding hydrogens is 285 g/mol. The van der Waals surface area contributed by atoms with Crippen LogP contribution >= 0.6 is 22.9 Å². The molecule has 18 heavy (non-hydrogen) atoms. The average Bonchev–Trinajstić information content (AvgIpc) is 2.80. The highest BCUT2D eigenvalue weighted by Gasteiger charge is 2.57. The first kappa shape index (κ1) is 13.4. The Labute approximate surface area is 110 Å². The highest BCUT2D eigenvalue weighted by atomic mass is 35.5. The minimum absolute atomic E-state index is 0.120. The lowest BCUT2D eigenvalue weighted by atomic mass is 9.91. The van der Waals surface area contributed by atoms with Gasteiger partial charge in [-0.15, -0.1) is 11.3 Å². The molecule has 1 atom stereocenters. The predicted octanol–water partition coefficient (Wildman–Crippen LogP) is 4.20. The third kappa shape index (κ3) is 2.02. The lowest BCUT2D eigenvalue weighted by Crippen LogP contribution is -2.42. The molecule has 1 aromatic heterocycles. The molecule has 0 aliphatic heterocycles. The van der Waals surface area contributed by atoms with Crippen LogP contribution in [0.2, 0.25) is 5.02 Å². The van der Waals surface area contributed by atoms with E-state index in [1.165, 1.54) is 41.8 Å². The van der Waals surface area contributed by atoms with Crippen LogP contribution in [0.5, 0.6) is 0 Å². The third-order valence-corrected chi connectivity index (χ3v) is 3.86. The number of alkyl halides is 3. The van der Waals surface area contributed by atoms with Gasteiger partial charge in [0.2, 0.25) is 5.60 Å². The smallest absolute Gasteiger partial charge is 0.372 e. The molecule has 1 aromatic carbocycles. The first-order valence-electron chi connectivity index (χ1n) is 4.95. The van der Waals surface area contributed by atoms with Crippen molar-refractivity contribution in [1.82, 2.24) is 0 Å². The zero-order chi connectivity index (χ0) is 13.4. The summed E-state index contributed by atoms with van der Waals surface area (Å²) >= 11 is 6.61. The molecular formula is C12H8ClF3OS. The number of hydrogen-bond acceptors (Lipinski definition) is 2. The molecule has 1 heterocycles. The lowest BCUT2D eigenvalue weighted by Gasteiger charge is -2.30. The number of benzene rings is 1. The highest BCUT2D eigenvalue weighted by Crippen LogP contribution is 2.47. The van der Waals surface area contributed by atoms with E-state index in [1.807, 2.05) is 0 Å². The molecule has 2 aromatic rings. The normalized spacial score (nSPS) is 15.4. The summed E-state index contributed by atoms with van der Waals surface area (Å²) in [6, 6.07) is 8.11. The van der Waals surface area contributed by atoms with Crippen LogP contribution in [0.3, 0.4) is 0 Å². The summed E-state index contributed by atoms with van der Waals surface area (Å²) in [4.78, 5) is -0.205. The fourth-order valence-electron chi connectivity index (χ4n) is 1.66. The van der Waals surface area contributed by atoms with Gasteiger partial charge in [0, 0.05) is 15.5 Å². The molecule has 1 nitrogen and oxygen atoms in total. The molecule has 0 saturated carbocycles. The van der Waals surface area contributed by atoms with E-state index in [0.29, 0.717) is 0 Å². The number of thiophene rings is 1. The molecule has 0 fully saturated rings. The van der Waals surface area contributed by atoms with Gasteiger partial charge in [0.1, 0.15) is 0 Å². The third-order valence-electron chi connectivity index (χ3n) is 2.55. The Balaban J connectivity index is 2.69. The van der Waals surface area contributed by atoms with Crippen LogP contribution in [0.25, 0.3) is 0 Å². The van der Waals surface area contributed by atoms with Gasteiger partial charge in [-0.3, -0.25) is 0 Å². The van der Waals surface area contributed by atoms with Crippen molar-refractivity contribution < 1.29 is 18.3 Å². The largest absolute Gasteiger partial charge is 0.426 e. The molecule has 0 aliphatic carbocycles. The molecule has 0 saturated heterocycles. The SMILES string of the molecule is OC(c1cccs1)(c1ccccc1Cl)C(F)(F)F. The van der Waals surface area contributed by atoms with E-state index in [4.69, 9.17) is 11.6 Å². The molecule has 6 heteroatoms. The van der Waals surface area contributed by atoms with Gasteiger partial charge in [0.05, 0.1) is 0 Å². The van der Waals surface area contributed by atoms with Gasteiger partial charge in [-0.1, -0.05) is 35.9 Å². The minimum Gasteiger partial charge on any atom is -0.372 e. The Morgan fingerprint density at radius 1 is 1.06 bits per heavy atom. The summed E-state index contributed by atoms with van der Waals surface area (Å²) < 4.78 is 39.7. The van der Waals surface area contributed by atoms with E-state index in [-0.39, 0.29) is 15.5 Å². The van der Waals surface area contributed by atoms with Crippen LogP contribution in [0.15, 0.2) is 41.8 Å². The summed E-state index contributed by atoms with van der Waals surface area (Å²) in [6.07, 6.45) is -4.84. The van der Waals surface area contributed by atoms with Gasteiger partial charge in [0.15, 0.2) is 0 Å². The van der Waals surface area contributed by atoms with E-state index < -0.39 is 11.8 Å². The molecule has 96 valence electrons. The fraction of sp³-hybridized carbons (Fsp3) is 0.167. The average molecular weight is 293 g/mol. The second-order valence-corrected chi connectivity index (χ2v) is 5.02. The quantitative estimate of drug-likeness (QED) is 0.879. The maximum Gasteiger partial charge on any atom is 0.426 e. The molecule has 1 unspecified atom stereocenters. The summed E-state index contributed by atoms with van der Waals surface area (Å²) in [6.45, 7) is 0. The number of rotatable bonds is 2. The van der Waals surface area contributed by atoms with Crippen molar-refractivity contribution in [2.24, 2.45) is 0 Å². The second-order valence-electron chi connectivity index (χ2n) is 3.67. The van der Waals surface area contributed by atoms with Gasteiger partial charge in [-0.05, 0) is 17.5 Å². The van der Waals surface area contributed by atoms with Gasteiger partial charge in [-0.25, -0.2) is 0 Å². The van der Waals surface area contributed by atoms with Crippen LogP contribution in [0, 0.1) is 0 Å². The van der Waals surface area contributed by atoms with Crippen LogP contribution in [0.4, 0.5) is 13.2 Å². The molecule has 0 spiro atoms. The van der Waals surface area contributed by atoms with Gasteiger partial charge >= 0.3 is 6.18 Å². The summed E-state index contributed by atoms with van der Waals surface area (Å²) in [5.74, 6) is 0. The molecule has 1 N–H and O–H groups in total. The van der Waals surface area contributed by atoms with Crippen molar-refractivity contribution in [3.8, 4) is 0 Å². The van der Waals surface area contributed by atoms with E-state index in [0.717, 1.165) is 11.3 Å². The first-order valence-corrected chi connectivity index (χ1v) is 6.21. The van der Waals surface area contributed by atoms with Crippen LogP contribution < -0.4 is 0 Å². The standard InChI is InChI=1S/C12H8ClF3OS/c13-9-5-2-1-4-8(9)11(17,12(14,15)16)10-6-3-7-18-10/h1-7,17H. The monoisotopic (exact) mass is 292 g/mol. The topological polar surface area (TPSA) is 20.2 Å². The summed E-state index contributed by atoms with van der Waals surface area (Å²) in [5, 5.41) is 11.5. The summed E-state index contributed by atoms with van der Waals surface area (Å²) in [7, 11) is 0. The zero-order valence-electron chi connectivity index (χ0n) is 8.91. The maximum atomic E-state index is 13.2. The molecule has 0 bridgehead atoms. The fourth-order valence-corrected chi connectivity index (χ4v) is 2.79. The molecule has 0 amide bonds. The van der Waals surface area contributed by atoms with Gasteiger partial charge in [-0.2, -0.15) is 13.2 Å². The van der Waals surface area contributed by atoms with Crippen molar-refractivity contribution in [1.29, 1.82) is 0 Å². The van der Waals surface area contributed by atoms with Crippen molar-refractivity contribution >= 4 is 22.9 Å². The Morgan fingerprint density at radius 3 is 2.22 bits per heavy atom. The highest BCUT2D eigenvalue weighted by molar-refractivity contribution is 7.10. The van der Waals surface area contributed by atoms with Crippen molar-refractivity contribution in [3.63, 3.8) is 0 Å². The van der Waals surface area contributed by atoms with Crippen LogP contribution in [0.1, 0.15) is 10.4 Å². The van der Waals surface area contributed by atoms with Crippen LogP contribution in [-0.2, 0) is 5.60 Å². The van der Waals surface area contributed by atoms with Crippen LogP contribution in [-0.4, -0.2) is 11.3 Å². The van der Waals surface area contributed by atoms with E-state index >= 15 is 0 Å². The number of hydrogen-bond donors (Lipinski definition) is 1. The minimum atomic E-state index is -4.84. The Hall–Kier alpha value is -1.04. The summed E-state index contributed by atoms with van der Waals surface area (Å²) in [5.41, 5.74) is -3.43. The number of aliphatic hydroxyl groups is 1. The van der Waals surface area contributed by atoms with Crippen molar-refractivity contribution in [3.05, 3.63) is 57.2 Å². The van der Waals surface area contributed by atoms with E-state index in [1.54, 1.807) is 0 Å². The molecule has 0 radical (unpaired) electrons. The Kier molecular flexibility index (Phi) is 3.40. The van der Waals surface area contributed by atoms with E-state index in [2.05, 4.69) is 0 Å². The predicted molar refractivity (Wildman–Crippen MR) is 64.8 cm³/mol. The molecule has 0 aliphatic rings. The van der Waals surface area contributed by atoms with E-state index in [9.17, 15) is 18.3 Å². The number of halogens is 4. The van der Waals surface area contributed by atoms with Crippen molar-refractivity contribution in [2.45, 2.75) is 11.8 Å². The van der Waals surface area contributed by atoms with Crippen molar-refractivity contribution in [2.75, 3.05) is 0 Å². The first-order chi connectivity index (χ1) is 8.37. The molecule has 2 rings (SSSR count). The zero-order valence-corrected chi connectivity index (χ0v) is 10.5. The Bertz CT molecular complexity index is 539. The van der Waals surface area contributed by atoms with Gasteiger partial charge in [0.25, 0.3) is 0 Å².